The van der Waals surface area contributed by atoms with Crippen LogP contribution in [0.4, 0.5) is 5.82 Å². The molecular formula is C10H16BrN3O. The van der Waals surface area contributed by atoms with Crippen molar-refractivity contribution in [3.63, 3.8) is 0 Å². The Hall–Kier alpha value is -0.840. The van der Waals surface area contributed by atoms with E-state index in [2.05, 4.69) is 52.0 Å². The van der Waals surface area contributed by atoms with Gasteiger partial charge < -0.3 is 10.3 Å². The van der Waals surface area contributed by atoms with Gasteiger partial charge in [0.25, 0.3) is 5.56 Å². The van der Waals surface area contributed by atoms with E-state index in [0.29, 0.717) is 10.3 Å². The molecule has 0 atom stereocenters. The highest BCUT2D eigenvalue weighted by molar-refractivity contribution is 9.10. The summed E-state index contributed by atoms with van der Waals surface area (Å²) in [7, 11) is 0. The van der Waals surface area contributed by atoms with Crippen LogP contribution in [-0.4, -0.2) is 15.5 Å². The number of hydrogen-bond acceptors (Lipinski definition) is 3. The summed E-state index contributed by atoms with van der Waals surface area (Å²) in [5, 5.41) is 3.29. The van der Waals surface area contributed by atoms with Crippen LogP contribution in [0.25, 0.3) is 0 Å². The molecule has 0 spiro atoms. The van der Waals surface area contributed by atoms with Crippen LogP contribution in [0.1, 0.15) is 33.6 Å². The third-order valence-electron chi connectivity index (χ3n) is 2.78. The maximum Gasteiger partial charge on any atom is 0.267 e. The van der Waals surface area contributed by atoms with Crippen LogP contribution in [0.5, 0.6) is 0 Å². The fourth-order valence-corrected chi connectivity index (χ4v) is 1.50. The SMILES string of the molecule is CCC(C)(CC)Nc1nc[nH]c(=O)c1Br. The molecule has 15 heavy (non-hydrogen) atoms. The van der Waals surface area contributed by atoms with Crippen LogP contribution < -0.4 is 10.9 Å². The quantitative estimate of drug-likeness (QED) is 0.887. The highest BCUT2D eigenvalue weighted by Crippen LogP contribution is 2.23. The molecule has 0 radical (unpaired) electrons. The molecule has 4 nitrogen and oxygen atoms in total. The fourth-order valence-electron chi connectivity index (χ4n) is 1.18. The fraction of sp³-hybridized carbons (Fsp3) is 0.600. The van der Waals surface area contributed by atoms with Gasteiger partial charge in [0.05, 0.1) is 6.33 Å². The van der Waals surface area contributed by atoms with Gasteiger partial charge in [-0.25, -0.2) is 4.98 Å². The Balaban J connectivity index is 2.99. The van der Waals surface area contributed by atoms with Gasteiger partial charge >= 0.3 is 0 Å². The standard InChI is InChI=1S/C10H16BrN3O/c1-4-10(3,5-2)14-8-7(11)9(15)13-6-12-8/h6H,4-5H2,1-3H3,(H2,12,13,14,15). The molecule has 84 valence electrons. The lowest BCUT2D eigenvalue weighted by molar-refractivity contribution is 0.476. The van der Waals surface area contributed by atoms with Crippen molar-refractivity contribution in [2.75, 3.05) is 5.32 Å². The molecule has 0 saturated heterocycles. The van der Waals surface area contributed by atoms with Crippen LogP contribution in [0.15, 0.2) is 15.6 Å². The van der Waals surface area contributed by atoms with E-state index >= 15 is 0 Å². The van der Waals surface area contributed by atoms with Gasteiger partial charge in [-0.2, -0.15) is 0 Å². The third kappa shape index (κ3) is 2.81. The Bertz CT molecular complexity index is 384. The molecule has 0 bridgehead atoms. The number of aromatic amines is 1. The molecule has 1 aromatic rings. The summed E-state index contributed by atoms with van der Waals surface area (Å²) in [6.07, 6.45) is 3.36. The molecule has 0 saturated carbocycles. The number of halogens is 1. The summed E-state index contributed by atoms with van der Waals surface area (Å²) in [5.41, 5.74) is -0.189. The summed E-state index contributed by atoms with van der Waals surface area (Å²) in [4.78, 5) is 17.9. The number of nitrogens with zero attached hydrogens (tertiary/aromatic N) is 1. The van der Waals surface area contributed by atoms with Gasteiger partial charge in [0.15, 0.2) is 0 Å². The second kappa shape index (κ2) is 4.79. The number of hydrogen-bond donors (Lipinski definition) is 2. The summed E-state index contributed by atoms with van der Waals surface area (Å²) in [6.45, 7) is 6.33. The number of anilines is 1. The first kappa shape index (κ1) is 12.2. The van der Waals surface area contributed by atoms with Gasteiger partial charge in [-0.05, 0) is 35.7 Å². The minimum atomic E-state index is -0.165. The van der Waals surface area contributed by atoms with E-state index in [1.54, 1.807) is 0 Å². The molecule has 1 rings (SSSR count). The number of H-pyrrole nitrogens is 1. The van der Waals surface area contributed by atoms with Crippen molar-refractivity contribution in [3.8, 4) is 0 Å². The zero-order chi connectivity index (χ0) is 11.5. The predicted molar refractivity (Wildman–Crippen MR) is 65.2 cm³/mol. The van der Waals surface area contributed by atoms with E-state index in [-0.39, 0.29) is 11.1 Å². The predicted octanol–water partition coefficient (Wildman–Crippen LogP) is 2.52. The van der Waals surface area contributed by atoms with E-state index in [1.807, 2.05) is 0 Å². The van der Waals surface area contributed by atoms with Crippen molar-refractivity contribution in [1.82, 2.24) is 9.97 Å². The summed E-state index contributed by atoms with van der Waals surface area (Å²) < 4.78 is 0.457. The van der Waals surface area contributed by atoms with Gasteiger partial charge in [0.1, 0.15) is 10.3 Å². The first-order chi connectivity index (χ1) is 7.02. The molecule has 5 heteroatoms. The van der Waals surface area contributed by atoms with Crippen LogP contribution in [0, 0.1) is 0 Å². The van der Waals surface area contributed by atoms with E-state index in [0.717, 1.165) is 12.8 Å². The summed E-state index contributed by atoms with van der Waals surface area (Å²) in [6, 6.07) is 0. The van der Waals surface area contributed by atoms with E-state index in [9.17, 15) is 4.79 Å². The molecule has 0 aliphatic rings. The molecule has 1 heterocycles. The monoisotopic (exact) mass is 273 g/mol. The second-order valence-electron chi connectivity index (χ2n) is 3.79. The lowest BCUT2D eigenvalue weighted by Gasteiger charge is -2.29. The Morgan fingerprint density at radius 2 is 2.13 bits per heavy atom. The largest absolute Gasteiger partial charge is 0.364 e. The van der Waals surface area contributed by atoms with Gasteiger partial charge in [-0.1, -0.05) is 13.8 Å². The molecular weight excluding hydrogens is 258 g/mol. The van der Waals surface area contributed by atoms with Crippen LogP contribution >= 0.6 is 15.9 Å². The van der Waals surface area contributed by atoms with Gasteiger partial charge in [-0.15, -0.1) is 0 Å². The molecule has 1 aromatic heterocycles. The minimum Gasteiger partial charge on any atom is -0.364 e. The molecule has 0 aromatic carbocycles. The first-order valence-electron chi connectivity index (χ1n) is 5.03. The van der Waals surface area contributed by atoms with E-state index in [4.69, 9.17) is 0 Å². The normalized spacial score (nSPS) is 11.5. The Morgan fingerprint density at radius 1 is 1.53 bits per heavy atom. The van der Waals surface area contributed by atoms with Crippen molar-refractivity contribution in [2.24, 2.45) is 0 Å². The van der Waals surface area contributed by atoms with Crippen molar-refractivity contribution in [2.45, 2.75) is 39.2 Å². The van der Waals surface area contributed by atoms with Crippen molar-refractivity contribution >= 4 is 21.7 Å². The van der Waals surface area contributed by atoms with E-state index < -0.39 is 0 Å². The molecule has 0 unspecified atom stereocenters. The summed E-state index contributed by atoms with van der Waals surface area (Å²) >= 11 is 3.22. The Morgan fingerprint density at radius 3 is 2.67 bits per heavy atom. The Labute approximate surface area is 97.6 Å². The molecule has 0 aliphatic carbocycles. The lowest BCUT2D eigenvalue weighted by Crippen LogP contribution is -2.34. The zero-order valence-electron chi connectivity index (χ0n) is 9.22. The zero-order valence-corrected chi connectivity index (χ0v) is 10.8. The van der Waals surface area contributed by atoms with Gasteiger partial charge in [0.2, 0.25) is 0 Å². The highest BCUT2D eigenvalue weighted by Gasteiger charge is 2.21. The Kier molecular flexibility index (Phi) is 3.90. The average Bonchev–Trinajstić information content (AvgIpc) is 2.25. The summed E-state index contributed by atoms with van der Waals surface area (Å²) in [5.74, 6) is 0.602. The first-order valence-corrected chi connectivity index (χ1v) is 5.83. The molecule has 0 amide bonds. The van der Waals surface area contributed by atoms with Crippen molar-refractivity contribution in [1.29, 1.82) is 0 Å². The lowest BCUT2D eigenvalue weighted by atomic mass is 9.96. The van der Waals surface area contributed by atoms with Gasteiger partial charge in [-0.3, -0.25) is 4.79 Å². The highest BCUT2D eigenvalue weighted by atomic mass is 79.9. The van der Waals surface area contributed by atoms with Gasteiger partial charge in [0, 0.05) is 5.54 Å². The van der Waals surface area contributed by atoms with Crippen molar-refractivity contribution < 1.29 is 0 Å². The maximum atomic E-state index is 11.3. The number of nitrogens with one attached hydrogen (secondary N) is 2. The topological polar surface area (TPSA) is 57.8 Å². The molecule has 2 N–H and O–H groups in total. The number of aromatic nitrogens is 2. The molecule has 0 fully saturated rings. The van der Waals surface area contributed by atoms with Crippen molar-refractivity contribution in [3.05, 3.63) is 21.2 Å². The van der Waals surface area contributed by atoms with Crippen LogP contribution in [-0.2, 0) is 0 Å². The second-order valence-corrected chi connectivity index (χ2v) is 4.58. The van der Waals surface area contributed by atoms with Crippen LogP contribution in [0.2, 0.25) is 0 Å². The minimum absolute atomic E-state index is 0.0245. The molecule has 0 aliphatic heterocycles. The smallest absolute Gasteiger partial charge is 0.267 e. The average molecular weight is 274 g/mol. The number of rotatable bonds is 4. The van der Waals surface area contributed by atoms with E-state index in [1.165, 1.54) is 6.33 Å². The maximum absolute atomic E-state index is 11.3. The van der Waals surface area contributed by atoms with Crippen LogP contribution in [0.3, 0.4) is 0 Å². The third-order valence-corrected chi connectivity index (χ3v) is 3.51.